The van der Waals surface area contributed by atoms with Crippen LogP contribution in [0.5, 0.6) is 0 Å². The summed E-state index contributed by atoms with van der Waals surface area (Å²) in [6.07, 6.45) is 7.90. The van der Waals surface area contributed by atoms with Gasteiger partial charge in [-0.3, -0.25) is 9.59 Å². The zero-order chi connectivity index (χ0) is 43.7. The lowest BCUT2D eigenvalue weighted by atomic mass is 9.93. The molecule has 2 aliphatic heterocycles. The SMILES string of the molecule is COC(=O)N[C@H](C(=O)N1C[C@H]2CCC1(c1ncc(-c3ccc(-c4ccc(-c5cnc([C@]67CC[C@H](CN6C(=O)[C@@H](NC(=O)OC)C(C)C)C7)[nH]5)c5sc(C)cc45)cc3)[nH]1)C2)C(C)C. The topological polar surface area (TPSA) is 175 Å². The Morgan fingerprint density at radius 2 is 1.21 bits per heavy atom. The fourth-order valence-corrected chi connectivity index (χ4v) is 11.9. The van der Waals surface area contributed by atoms with Gasteiger partial charge in [-0.15, -0.1) is 11.3 Å². The molecule has 4 fully saturated rings. The molecule has 62 heavy (non-hydrogen) atoms. The smallest absolute Gasteiger partial charge is 0.407 e. The number of benzene rings is 2. The van der Waals surface area contributed by atoms with Crippen molar-refractivity contribution < 1.29 is 28.7 Å². The molecule has 14 nitrogen and oxygen atoms in total. The molecule has 326 valence electrons. The standard InChI is InChI=1S/C47H56N8O6S/c1-25(2)37(52-44(58)60-6)40(56)54-23-28-14-16-46(54,19-28)42-48-21-35(50-42)31-10-8-30(9-11-31)32-12-13-33(39-34(32)18-27(5)62-39)36-22-49-43(51-36)47-17-15-29(20-47)24-55(47)41(57)38(26(3)4)53-45(59)61-7/h8-13,18,21-22,25-26,28-29,37-38H,14-17,19-20,23-24H2,1-7H3,(H,48,50)(H,49,51)(H,52,58)(H,53,59)/t28-,29-,37-,38-,46?,47+/m0/s1. The minimum atomic E-state index is -0.697. The number of aromatic nitrogens is 4. The normalized spacial score (nSPS) is 23.7. The van der Waals surface area contributed by atoms with Crippen LogP contribution < -0.4 is 10.6 Å². The molecule has 4 aliphatic rings. The van der Waals surface area contributed by atoms with E-state index in [1.165, 1.54) is 19.1 Å². The summed E-state index contributed by atoms with van der Waals surface area (Å²) in [6.45, 7) is 11.1. The Kier molecular flexibility index (Phi) is 10.7. The molecule has 5 heterocycles. The van der Waals surface area contributed by atoms with Gasteiger partial charge in [0.05, 0.1) is 38.0 Å². The van der Waals surface area contributed by atoms with Crippen LogP contribution in [-0.4, -0.2) is 93.1 Å². The third-order valence-electron chi connectivity index (χ3n) is 14.1. The highest BCUT2D eigenvalue weighted by atomic mass is 32.1. The quantitative estimate of drug-likeness (QED) is 0.103. The molecule has 4 bridgehead atoms. The van der Waals surface area contributed by atoms with Crippen LogP contribution in [0.4, 0.5) is 9.59 Å². The second-order valence-corrected chi connectivity index (χ2v) is 19.8. The fraction of sp³-hybridized carbons (Fsp3) is 0.489. The van der Waals surface area contributed by atoms with E-state index in [-0.39, 0.29) is 23.7 Å². The molecule has 0 radical (unpaired) electrons. The number of piperidine rings is 2. The van der Waals surface area contributed by atoms with Crippen molar-refractivity contribution in [2.75, 3.05) is 27.3 Å². The Labute approximate surface area is 365 Å². The monoisotopic (exact) mass is 860 g/mol. The number of nitrogens with one attached hydrogen (secondary N) is 4. The predicted molar refractivity (Wildman–Crippen MR) is 237 cm³/mol. The number of hydrogen-bond acceptors (Lipinski definition) is 9. The van der Waals surface area contributed by atoms with Crippen LogP contribution in [0, 0.1) is 30.6 Å². The van der Waals surface area contributed by atoms with Crippen molar-refractivity contribution in [1.29, 1.82) is 0 Å². The number of alkyl carbamates (subject to hydrolysis) is 2. The highest BCUT2D eigenvalue weighted by Crippen LogP contribution is 2.54. The molecule has 9 rings (SSSR count). The number of thiophene rings is 1. The predicted octanol–water partition coefficient (Wildman–Crippen LogP) is 8.09. The average Bonchev–Trinajstić information content (AvgIpc) is 4.13. The maximum absolute atomic E-state index is 14.1. The molecule has 4 amide bonds. The van der Waals surface area contributed by atoms with Crippen LogP contribution in [0.3, 0.4) is 0 Å². The van der Waals surface area contributed by atoms with E-state index in [2.05, 4.69) is 70.0 Å². The van der Waals surface area contributed by atoms with Crippen LogP contribution in [0.25, 0.3) is 43.7 Å². The molecule has 1 unspecified atom stereocenters. The van der Waals surface area contributed by atoms with Gasteiger partial charge in [0, 0.05) is 33.6 Å². The van der Waals surface area contributed by atoms with Gasteiger partial charge >= 0.3 is 12.2 Å². The van der Waals surface area contributed by atoms with Gasteiger partial charge in [0.1, 0.15) is 34.8 Å². The molecule has 3 aromatic heterocycles. The van der Waals surface area contributed by atoms with E-state index in [0.29, 0.717) is 24.9 Å². The molecular formula is C47H56N8O6S. The highest BCUT2D eigenvalue weighted by molar-refractivity contribution is 7.19. The maximum Gasteiger partial charge on any atom is 0.407 e. The summed E-state index contributed by atoms with van der Waals surface area (Å²) < 4.78 is 10.9. The first-order valence-electron chi connectivity index (χ1n) is 21.8. The van der Waals surface area contributed by atoms with Crippen molar-refractivity contribution in [3.8, 4) is 33.6 Å². The molecule has 5 aromatic rings. The number of amides is 4. The number of carbonyl (C=O) groups is 4. The lowest BCUT2D eigenvalue weighted by molar-refractivity contribution is -0.141. The Bertz CT molecular complexity index is 2540. The largest absolute Gasteiger partial charge is 0.453 e. The summed E-state index contributed by atoms with van der Waals surface area (Å²) in [5.41, 5.74) is 4.96. The Balaban J connectivity index is 0.965. The number of H-pyrrole nitrogens is 2. The van der Waals surface area contributed by atoms with E-state index >= 15 is 0 Å². The summed E-state index contributed by atoms with van der Waals surface area (Å²) >= 11 is 1.75. The van der Waals surface area contributed by atoms with E-state index in [1.54, 1.807) is 11.3 Å². The van der Waals surface area contributed by atoms with Gasteiger partial charge in [0.15, 0.2) is 0 Å². The average molecular weight is 861 g/mol. The Morgan fingerprint density at radius 3 is 1.71 bits per heavy atom. The van der Waals surface area contributed by atoms with Gasteiger partial charge in [0.25, 0.3) is 0 Å². The molecule has 15 heteroatoms. The summed E-state index contributed by atoms with van der Waals surface area (Å²) in [5, 5.41) is 6.70. The van der Waals surface area contributed by atoms with E-state index < -0.39 is 35.3 Å². The molecule has 2 saturated carbocycles. The minimum absolute atomic E-state index is 0.101. The number of hydrogen-bond donors (Lipinski definition) is 4. The first-order valence-corrected chi connectivity index (χ1v) is 22.6. The van der Waals surface area contributed by atoms with E-state index in [0.717, 1.165) is 93.9 Å². The number of methoxy groups -OCH3 is 2. The van der Waals surface area contributed by atoms with Gasteiger partial charge < -0.3 is 39.9 Å². The summed E-state index contributed by atoms with van der Waals surface area (Å²) in [6, 6.07) is 13.7. The van der Waals surface area contributed by atoms with E-state index in [9.17, 15) is 19.2 Å². The second-order valence-electron chi connectivity index (χ2n) is 18.5. The first kappa shape index (κ1) is 41.6. The molecule has 6 atom stereocenters. The molecule has 0 spiro atoms. The third kappa shape index (κ3) is 6.92. The number of rotatable bonds is 11. The summed E-state index contributed by atoms with van der Waals surface area (Å²) in [4.78, 5) is 74.8. The van der Waals surface area contributed by atoms with Crippen LogP contribution in [0.2, 0.25) is 0 Å². The van der Waals surface area contributed by atoms with Crippen LogP contribution >= 0.6 is 11.3 Å². The molecule has 2 saturated heterocycles. The third-order valence-corrected chi connectivity index (χ3v) is 15.1. The number of aryl methyl sites for hydroxylation is 1. The van der Waals surface area contributed by atoms with Gasteiger partial charge in [-0.25, -0.2) is 19.6 Å². The number of likely N-dealkylation sites (tertiary alicyclic amines) is 2. The van der Waals surface area contributed by atoms with Crippen molar-refractivity contribution in [2.24, 2.45) is 23.7 Å². The first-order chi connectivity index (χ1) is 29.7. The number of carbonyl (C=O) groups excluding carboxylic acids is 4. The Hall–Kier alpha value is -5.70. The number of nitrogens with zero attached hydrogens (tertiary/aromatic N) is 4. The van der Waals surface area contributed by atoms with Crippen LogP contribution in [0.1, 0.15) is 82.7 Å². The summed E-state index contributed by atoms with van der Waals surface area (Å²) in [7, 11) is 2.62. The van der Waals surface area contributed by atoms with Gasteiger partial charge in [0.2, 0.25) is 11.8 Å². The number of fused-ring (bicyclic) bond motifs is 5. The number of ether oxygens (including phenoxy) is 2. The van der Waals surface area contributed by atoms with Crippen LogP contribution in [-0.2, 0) is 30.1 Å². The Morgan fingerprint density at radius 1 is 0.726 bits per heavy atom. The molecular weight excluding hydrogens is 805 g/mol. The second kappa shape index (κ2) is 15.9. The van der Waals surface area contributed by atoms with Crippen molar-refractivity contribution >= 4 is 45.4 Å². The maximum atomic E-state index is 14.1. The van der Waals surface area contributed by atoms with Crippen molar-refractivity contribution in [2.45, 2.75) is 96.3 Å². The van der Waals surface area contributed by atoms with Gasteiger partial charge in [-0.05, 0) is 91.9 Å². The van der Waals surface area contributed by atoms with Crippen LogP contribution in [0.15, 0.2) is 54.9 Å². The van der Waals surface area contributed by atoms with Crippen molar-refractivity contribution in [3.63, 3.8) is 0 Å². The summed E-state index contributed by atoms with van der Waals surface area (Å²) in [5.74, 6) is 1.92. The van der Waals surface area contributed by atoms with Gasteiger partial charge in [-0.1, -0.05) is 64.1 Å². The van der Waals surface area contributed by atoms with Crippen molar-refractivity contribution in [1.82, 2.24) is 40.4 Å². The molecule has 2 aliphatic carbocycles. The van der Waals surface area contributed by atoms with Crippen molar-refractivity contribution in [3.05, 3.63) is 71.4 Å². The minimum Gasteiger partial charge on any atom is -0.453 e. The number of aromatic amines is 2. The zero-order valence-electron chi connectivity index (χ0n) is 36.5. The highest BCUT2D eigenvalue weighted by Gasteiger charge is 2.58. The lowest BCUT2D eigenvalue weighted by Crippen LogP contribution is -2.56. The zero-order valence-corrected chi connectivity index (χ0v) is 37.3. The lowest BCUT2D eigenvalue weighted by Gasteiger charge is -2.40. The van der Waals surface area contributed by atoms with E-state index in [4.69, 9.17) is 19.4 Å². The molecule has 4 N–H and O–H groups in total. The van der Waals surface area contributed by atoms with Gasteiger partial charge in [-0.2, -0.15) is 0 Å². The van der Waals surface area contributed by atoms with E-state index in [1.807, 2.05) is 49.9 Å². The number of imidazole rings is 2. The fourth-order valence-electron chi connectivity index (χ4n) is 10.9. The molecule has 2 aromatic carbocycles.